The molecule has 0 bridgehead atoms. The average molecular weight is 451 g/mol. The van der Waals surface area contributed by atoms with Crippen LogP contribution in [0.2, 0.25) is 5.02 Å². The van der Waals surface area contributed by atoms with Crippen molar-refractivity contribution in [3.05, 3.63) is 87.1 Å². The van der Waals surface area contributed by atoms with Crippen molar-refractivity contribution < 1.29 is 13.9 Å². The quantitative estimate of drug-likeness (QED) is 0.449. The Morgan fingerprint density at radius 2 is 1.78 bits per heavy atom. The maximum absolute atomic E-state index is 14.0. The topological polar surface area (TPSA) is 30.5 Å². The van der Waals surface area contributed by atoms with Crippen LogP contribution >= 0.6 is 27.5 Å². The van der Waals surface area contributed by atoms with E-state index in [9.17, 15) is 4.39 Å². The Morgan fingerprint density at radius 3 is 2.48 bits per heavy atom. The largest absolute Gasteiger partial charge is 0.493 e. The van der Waals surface area contributed by atoms with Crippen molar-refractivity contribution in [2.24, 2.45) is 0 Å². The molecule has 0 aromatic heterocycles. The first kappa shape index (κ1) is 19.5. The number of halogens is 3. The van der Waals surface area contributed by atoms with Crippen LogP contribution in [0.5, 0.6) is 11.5 Å². The highest BCUT2D eigenvalue weighted by atomic mass is 79.9. The summed E-state index contributed by atoms with van der Waals surface area (Å²) in [5.74, 6) is 0.744. The molecular formula is C21H18BrClFNO2. The second-order valence-electron chi connectivity index (χ2n) is 5.80. The molecule has 140 valence electrons. The third-order valence-corrected chi connectivity index (χ3v) is 4.91. The van der Waals surface area contributed by atoms with Crippen molar-refractivity contribution in [2.45, 2.75) is 13.2 Å². The summed E-state index contributed by atoms with van der Waals surface area (Å²) in [5.41, 5.74) is 2.19. The van der Waals surface area contributed by atoms with Crippen LogP contribution in [0, 0.1) is 5.82 Å². The minimum Gasteiger partial charge on any atom is -0.493 e. The van der Waals surface area contributed by atoms with Gasteiger partial charge in [-0.25, -0.2) is 4.39 Å². The number of nitrogens with one attached hydrogen (secondary N) is 1. The van der Waals surface area contributed by atoms with Crippen LogP contribution in [0.1, 0.15) is 11.1 Å². The Kier molecular flexibility index (Phi) is 6.58. The fourth-order valence-corrected chi connectivity index (χ4v) is 3.09. The molecule has 0 saturated heterocycles. The Labute approximate surface area is 171 Å². The molecule has 0 aliphatic heterocycles. The summed E-state index contributed by atoms with van der Waals surface area (Å²) in [4.78, 5) is 0. The number of anilines is 1. The van der Waals surface area contributed by atoms with Crippen LogP contribution in [0.25, 0.3) is 0 Å². The van der Waals surface area contributed by atoms with Gasteiger partial charge in [-0.15, -0.1) is 0 Å². The van der Waals surface area contributed by atoms with E-state index in [1.54, 1.807) is 25.3 Å². The molecule has 0 atom stereocenters. The third kappa shape index (κ3) is 4.93. The molecule has 0 heterocycles. The molecule has 3 nitrogen and oxygen atoms in total. The first-order chi connectivity index (χ1) is 13.1. The maximum atomic E-state index is 14.0. The minimum atomic E-state index is -0.396. The van der Waals surface area contributed by atoms with Crippen LogP contribution < -0.4 is 14.8 Å². The van der Waals surface area contributed by atoms with Gasteiger partial charge in [0.1, 0.15) is 12.4 Å². The summed E-state index contributed by atoms with van der Waals surface area (Å²) >= 11 is 9.52. The van der Waals surface area contributed by atoms with Crippen molar-refractivity contribution in [1.82, 2.24) is 0 Å². The third-order valence-electron chi connectivity index (χ3n) is 4.03. The molecule has 0 unspecified atom stereocenters. The number of ether oxygens (including phenoxy) is 2. The fraction of sp³-hybridized carbons (Fsp3) is 0.143. The second kappa shape index (κ2) is 9.11. The van der Waals surface area contributed by atoms with Crippen molar-refractivity contribution in [2.75, 3.05) is 12.4 Å². The molecule has 0 radical (unpaired) electrons. The molecule has 0 saturated carbocycles. The number of para-hydroxylation sites is 1. The number of rotatable bonds is 7. The van der Waals surface area contributed by atoms with Crippen LogP contribution in [0.15, 0.2) is 65.1 Å². The lowest BCUT2D eigenvalue weighted by Gasteiger charge is -2.17. The smallest absolute Gasteiger partial charge is 0.166 e. The van der Waals surface area contributed by atoms with Crippen molar-refractivity contribution in [3.8, 4) is 11.5 Å². The van der Waals surface area contributed by atoms with Gasteiger partial charge in [0.15, 0.2) is 11.5 Å². The van der Waals surface area contributed by atoms with E-state index in [0.29, 0.717) is 28.6 Å². The Balaban J connectivity index is 1.79. The molecule has 3 aromatic rings. The standard InChI is InChI=1S/C21H18BrClFNO2/c1-26-20-7-2-4-14(12-25-16-10-8-15(22)9-11-16)21(20)27-13-17-18(23)5-3-6-19(17)24/h2-11,25H,12-13H2,1H3. The molecular weight excluding hydrogens is 433 g/mol. The van der Waals surface area contributed by atoms with E-state index in [4.69, 9.17) is 21.1 Å². The van der Waals surface area contributed by atoms with E-state index >= 15 is 0 Å². The van der Waals surface area contributed by atoms with Gasteiger partial charge < -0.3 is 14.8 Å². The molecule has 0 aliphatic carbocycles. The van der Waals surface area contributed by atoms with Crippen molar-refractivity contribution in [3.63, 3.8) is 0 Å². The van der Waals surface area contributed by atoms with E-state index in [-0.39, 0.29) is 6.61 Å². The number of hydrogen-bond donors (Lipinski definition) is 1. The Hall–Kier alpha value is -2.24. The van der Waals surface area contributed by atoms with E-state index < -0.39 is 5.82 Å². The van der Waals surface area contributed by atoms with Crippen molar-refractivity contribution >= 4 is 33.2 Å². The van der Waals surface area contributed by atoms with Gasteiger partial charge in [-0.3, -0.25) is 0 Å². The zero-order valence-electron chi connectivity index (χ0n) is 14.6. The van der Waals surface area contributed by atoms with E-state index in [1.165, 1.54) is 6.07 Å². The number of hydrogen-bond acceptors (Lipinski definition) is 3. The summed E-state index contributed by atoms with van der Waals surface area (Å²) < 4.78 is 26.4. The van der Waals surface area contributed by atoms with Gasteiger partial charge in [-0.1, -0.05) is 45.7 Å². The van der Waals surface area contributed by atoms with Crippen LogP contribution in [0.3, 0.4) is 0 Å². The SMILES string of the molecule is COc1cccc(CNc2ccc(Br)cc2)c1OCc1c(F)cccc1Cl. The van der Waals surface area contributed by atoms with Gasteiger partial charge in [0.2, 0.25) is 0 Å². The molecule has 27 heavy (non-hydrogen) atoms. The normalized spacial score (nSPS) is 10.5. The van der Waals surface area contributed by atoms with Crippen LogP contribution in [0.4, 0.5) is 10.1 Å². The zero-order valence-corrected chi connectivity index (χ0v) is 17.0. The highest BCUT2D eigenvalue weighted by Crippen LogP contribution is 2.33. The van der Waals surface area contributed by atoms with E-state index in [1.807, 2.05) is 36.4 Å². The first-order valence-corrected chi connectivity index (χ1v) is 9.46. The predicted octanol–water partition coefficient (Wildman–Crippen LogP) is 6.44. The lowest BCUT2D eigenvalue weighted by atomic mass is 10.1. The molecule has 0 fully saturated rings. The highest BCUT2D eigenvalue weighted by Gasteiger charge is 2.14. The molecule has 3 rings (SSSR count). The fourth-order valence-electron chi connectivity index (χ4n) is 2.60. The molecule has 3 aromatic carbocycles. The van der Waals surface area contributed by atoms with Crippen LogP contribution in [-0.2, 0) is 13.2 Å². The maximum Gasteiger partial charge on any atom is 0.166 e. The molecule has 6 heteroatoms. The number of methoxy groups -OCH3 is 1. The van der Waals surface area contributed by atoms with Gasteiger partial charge in [0.25, 0.3) is 0 Å². The first-order valence-electron chi connectivity index (χ1n) is 8.29. The summed E-state index contributed by atoms with van der Waals surface area (Å²) in [6.07, 6.45) is 0. The summed E-state index contributed by atoms with van der Waals surface area (Å²) in [7, 11) is 1.57. The lowest BCUT2D eigenvalue weighted by Crippen LogP contribution is -2.06. The molecule has 0 amide bonds. The van der Waals surface area contributed by atoms with Crippen LogP contribution in [-0.4, -0.2) is 7.11 Å². The van der Waals surface area contributed by atoms with Gasteiger partial charge in [-0.05, 0) is 42.5 Å². The van der Waals surface area contributed by atoms with Gasteiger partial charge in [-0.2, -0.15) is 0 Å². The Morgan fingerprint density at radius 1 is 1.04 bits per heavy atom. The Bertz CT molecular complexity index is 898. The number of benzene rings is 3. The van der Waals surface area contributed by atoms with Gasteiger partial charge >= 0.3 is 0 Å². The average Bonchev–Trinajstić information content (AvgIpc) is 2.67. The van der Waals surface area contributed by atoms with E-state index in [2.05, 4.69) is 21.2 Å². The van der Waals surface area contributed by atoms with Gasteiger partial charge in [0.05, 0.1) is 12.1 Å². The zero-order chi connectivity index (χ0) is 19.2. The van der Waals surface area contributed by atoms with Crippen molar-refractivity contribution in [1.29, 1.82) is 0 Å². The molecule has 1 N–H and O–H groups in total. The second-order valence-corrected chi connectivity index (χ2v) is 7.12. The lowest BCUT2D eigenvalue weighted by molar-refractivity contribution is 0.277. The predicted molar refractivity (Wildman–Crippen MR) is 110 cm³/mol. The molecule has 0 aliphatic rings. The van der Waals surface area contributed by atoms with E-state index in [0.717, 1.165) is 15.7 Å². The minimum absolute atomic E-state index is 0.0111. The summed E-state index contributed by atoms with van der Waals surface area (Å²) in [6.45, 7) is 0.538. The summed E-state index contributed by atoms with van der Waals surface area (Å²) in [6, 6.07) is 18.1. The molecule has 0 spiro atoms. The highest BCUT2D eigenvalue weighted by molar-refractivity contribution is 9.10. The monoisotopic (exact) mass is 449 g/mol. The van der Waals surface area contributed by atoms with Gasteiger partial charge in [0, 0.05) is 27.8 Å². The summed E-state index contributed by atoms with van der Waals surface area (Å²) in [5, 5.41) is 3.68.